The highest BCUT2D eigenvalue weighted by atomic mass is 32.2. The van der Waals surface area contributed by atoms with Crippen LogP contribution in [0.4, 0.5) is 20.2 Å². The maximum Gasteiger partial charge on any atom is 0.239 e. The Balaban J connectivity index is 1.40. The second-order valence-corrected chi connectivity index (χ2v) is 7.84. The Hall–Kier alpha value is -3.27. The van der Waals surface area contributed by atoms with Gasteiger partial charge < -0.3 is 14.8 Å². The standard InChI is InChI=1S/C20H17F2N5O2S/c1-26-11-23-25-20(26)30-16-4-2-14(3-5-16)24-18(28)17-6-7-27(19(17)29)15-9-12(21)8-13(22)10-15/h2-5,8-11,17H,6-7H2,1H3,(H,24,28). The van der Waals surface area contributed by atoms with Crippen LogP contribution in [0.2, 0.25) is 0 Å². The SMILES string of the molecule is Cn1cnnc1Sc1ccc(NC(=O)C2CCN(c3cc(F)cc(F)c3)C2=O)cc1. The Morgan fingerprint density at radius 2 is 1.87 bits per heavy atom. The summed E-state index contributed by atoms with van der Waals surface area (Å²) in [5.41, 5.74) is 0.656. The Morgan fingerprint density at radius 1 is 1.17 bits per heavy atom. The van der Waals surface area contributed by atoms with Crippen LogP contribution in [0.25, 0.3) is 0 Å². The van der Waals surface area contributed by atoms with Gasteiger partial charge in [-0.15, -0.1) is 10.2 Å². The first-order chi connectivity index (χ1) is 14.4. The molecule has 0 radical (unpaired) electrons. The van der Waals surface area contributed by atoms with Crippen molar-refractivity contribution < 1.29 is 18.4 Å². The third kappa shape index (κ3) is 4.18. The molecule has 0 spiro atoms. The number of anilines is 2. The van der Waals surface area contributed by atoms with Crippen molar-refractivity contribution >= 4 is 35.0 Å². The molecule has 154 valence electrons. The molecule has 4 rings (SSSR count). The van der Waals surface area contributed by atoms with Gasteiger partial charge in [0, 0.05) is 35.9 Å². The monoisotopic (exact) mass is 429 g/mol. The highest BCUT2D eigenvalue weighted by molar-refractivity contribution is 7.99. The second kappa shape index (κ2) is 8.23. The fourth-order valence-electron chi connectivity index (χ4n) is 3.18. The van der Waals surface area contributed by atoms with Crippen LogP contribution in [0.3, 0.4) is 0 Å². The summed E-state index contributed by atoms with van der Waals surface area (Å²) >= 11 is 1.43. The molecule has 1 aliphatic heterocycles. The van der Waals surface area contributed by atoms with Crippen molar-refractivity contribution in [2.24, 2.45) is 13.0 Å². The number of nitrogens with one attached hydrogen (secondary N) is 1. The van der Waals surface area contributed by atoms with Crippen LogP contribution >= 0.6 is 11.8 Å². The first kappa shape index (κ1) is 20.0. The van der Waals surface area contributed by atoms with Crippen LogP contribution in [0.1, 0.15) is 6.42 Å². The van der Waals surface area contributed by atoms with Gasteiger partial charge in [0.25, 0.3) is 0 Å². The molecule has 2 aromatic carbocycles. The molecule has 1 aromatic heterocycles. The molecule has 30 heavy (non-hydrogen) atoms. The average Bonchev–Trinajstić information content (AvgIpc) is 3.28. The maximum absolute atomic E-state index is 13.5. The second-order valence-electron chi connectivity index (χ2n) is 6.80. The predicted molar refractivity (Wildman–Crippen MR) is 107 cm³/mol. The topological polar surface area (TPSA) is 80.1 Å². The smallest absolute Gasteiger partial charge is 0.239 e. The minimum absolute atomic E-state index is 0.109. The van der Waals surface area contributed by atoms with Crippen LogP contribution in [-0.4, -0.2) is 33.1 Å². The lowest BCUT2D eigenvalue weighted by Gasteiger charge is -2.17. The summed E-state index contributed by atoms with van der Waals surface area (Å²) in [6.07, 6.45) is 1.87. The van der Waals surface area contributed by atoms with E-state index in [0.717, 1.165) is 28.3 Å². The van der Waals surface area contributed by atoms with E-state index in [1.165, 1.54) is 16.7 Å². The molecular formula is C20H17F2N5O2S. The largest absolute Gasteiger partial charge is 0.325 e. The summed E-state index contributed by atoms with van der Waals surface area (Å²) in [6, 6.07) is 10.0. The molecule has 1 fully saturated rings. The number of halogens is 2. The molecule has 10 heteroatoms. The number of hydrogen-bond acceptors (Lipinski definition) is 5. The highest BCUT2D eigenvalue weighted by Gasteiger charge is 2.38. The lowest BCUT2D eigenvalue weighted by Crippen LogP contribution is -2.33. The van der Waals surface area contributed by atoms with E-state index in [4.69, 9.17) is 0 Å². The summed E-state index contributed by atoms with van der Waals surface area (Å²) in [5, 5.41) is 11.3. The molecule has 1 atom stereocenters. The number of carbonyl (C=O) groups is 2. The number of carbonyl (C=O) groups excluding carboxylic acids is 2. The van der Waals surface area contributed by atoms with E-state index < -0.39 is 29.4 Å². The number of aromatic nitrogens is 3. The van der Waals surface area contributed by atoms with Crippen molar-refractivity contribution in [3.8, 4) is 0 Å². The predicted octanol–water partition coefficient (Wildman–Crippen LogP) is 3.24. The van der Waals surface area contributed by atoms with E-state index in [-0.39, 0.29) is 18.7 Å². The molecule has 2 amide bonds. The van der Waals surface area contributed by atoms with Crippen molar-refractivity contribution in [1.82, 2.24) is 14.8 Å². The van der Waals surface area contributed by atoms with E-state index >= 15 is 0 Å². The highest BCUT2D eigenvalue weighted by Crippen LogP contribution is 2.29. The van der Waals surface area contributed by atoms with Gasteiger partial charge in [-0.2, -0.15) is 0 Å². The Morgan fingerprint density at radius 3 is 2.50 bits per heavy atom. The van der Waals surface area contributed by atoms with Crippen LogP contribution in [0, 0.1) is 17.6 Å². The molecule has 3 aromatic rings. The van der Waals surface area contributed by atoms with E-state index in [1.807, 2.05) is 19.2 Å². The number of nitrogens with zero attached hydrogens (tertiary/aromatic N) is 4. The fraction of sp³-hybridized carbons (Fsp3) is 0.200. The zero-order valence-electron chi connectivity index (χ0n) is 15.9. The minimum Gasteiger partial charge on any atom is -0.325 e. The fourth-order valence-corrected chi connectivity index (χ4v) is 3.94. The number of amides is 2. The molecule has 1 aliphatic rings. The molecule has 7 nitrogen and oxygen atoms in total. The van der Waals surface area contributed by atoms with Gasteiger partial charge in [0.2, 0.25) is 11.8 Å². The Labute approximate surface area is 175 Å². The van der Waals surface area contributed by atoms with Gasteiger partial charge in [-0.25, -0.2) is 8.78 Å². The zero-order chi connectivity index (χ0) is 21.3. The maximum atomic E-state index is 13.5. The molecule has 0 bridgehead atoms. The van der Waals surface area contributed by atoms with E-state index in [1.54, 1.807) is 23.0 Å². The van der Waals surface area contributed by atoms with Gasteiger partial charge in [-0.3, -0.25) is 9.59 Å². The normalized spacial score (nSPS) is 16.2. The van der Waals surface area contributed by atoms with Crippen molar-refractivity contribution in [2.75, 3.05) is 16.8 Å². The number of hydrogen-bond donors (Lipinski definition) is 1. The summed E-state index contributed by atoms with van der Waals surface area (Å²) in [4.78, 5) is 27.4. The first-order valence-electron chi connectivity index (χ1n) is 9.11. The van der Waals surface area contributed by atoms with Crippen molar-refractivity contribution in [3.05, 3.63) is 60.4 Å². The molecular weight excluding hydrogens is 412 g/mol. The van der Waals surface area contributed by atoms with Gasteiger partial charge in [-0.1, -0.05) is 0 Å². The van der Waals surface area contributed by atoms with Crippen molar-refractivity contribution in [3.63, 3.8) is 0 Å². The summed E-state index contributed by atoms with van der Waals surface area (Å²) in [5.74, 6) is -3.39. The van der Waals surface area contributed by atoms with Crippen LogP contribution < -0.4 is 10.2 Å². The number of aryl methyl sites for hydroxylation is 1. The van der Waals surface area contributed by atoms with E-state index in [0.29, 0.717) is 5.69 Å². The summed E-state index contributed by atoms with van der Waals surface area (Å²) in [6.45, 7) is 0.215. The molecule has 1 saturated heterocycles. The van der Waals surface area contributed by atoms with Crippen LogP contribution in [0.15, 0.2) is 58.8 Å². The van der Waals surface area contributed by atoms with Crippen LogP contribution in [0.5, 0.6) is 0 Å². The van der Waals surface area contributed by atoms with Crippen molar-refractivity contribution in [1.29, 1.82) is 0 Å². The van der Waals surface area contributed by atoms with Crippen LogP contribution in [-0.2, 0) is 16.6 Å². The number of benzene rings is 2. The molecule has 1 unspecified atom stereocenters. The zero-order valence-corrected chi connectivity index (χ0v) is 16.7. The molecule has 0 aliphatic carbocycles. The average molecular weight is 429 g/mol. The third-order valence-corrected chi connectivity index (χ3v) is 5.74. The van der Waals surface area contributed by atoms with Gasteiger partial charge in [0.15, 0.2) is 5.16 Å². The van der Waals surface area contributed by atoms with Crippen molar-refractivity contribution in [2.45, 2.75) is 16.5 Å². The lowest BCUT2D eigenvalue weighted by atomic mass is 10.1. The van der Waals surface area contributed by atoms with Gasteiger partial charge in [0.1, 0.15) is 23.9 Å². The number of rotatable bonds is 5. The third-order valence-electron chi connectivity index (χ3n) is 4.68. The van der Waals surface area contributed by atoms with Gasteiger partial charge in [0.05, 0.1) is 0 Å². The Bertz CT molecular complexity index is 1080. The van der Waals surface area contributed by atoms with Gasteiger partial charge in [-0.05, 0) is 54.6 Å². The summed E-state index contributed by atoms with van der Waals surface area (Å²) in [7, 11) is 1.84. The van der Waals surface area contributed by atoms with E-state index in [2.05, 4.69) is 15.5 Å². The van der Waals surface area contributed by atoms with E-state index in [9.17, 15) is 18.4 Å². The minimum atomic E-state index is -0.913. The molecule has 1 N–H and O–H groups in total. The Kier molecular flexibility index (Phi) is 5.49. The first-order valence-corrected chi connectivity index (χ1v) is 9.92. The quantitative estimate of drug-likeness (QED) is 0.630. The lowest BCUT2D eigenvalue weighted by molar-refractivity contribution is -0.129. The summed E-state index contributed by atoms with van der Waals surface area (Å²) < 4.78 is 28.7. The molecule has 2 heterocycles. The van der Waals surface area contributed by atoms with Gasteiger partial charge >= 0.3 is 0 Å². The molecule has 0 saturated carbocycles.